The van der Waals surface area contributed by atoms with Crippen molar-refractivity contribution in [2.75, 3.05) is 9.80 Å². The largest absolute Gasteiger partial charge is 0.310 e. The van der Waals surface area contributed by atoms with Gasteiger partial charge in [-0.05, 0) is 151 Å². The second-order valence-electron chi connectivity index (χ2n) is 18.5. The SMILES string of the molecule is CC1(C)c2ccccc2-c2ccc(N(c3ccccc3)c3ccc4c(c3)C3(c5ccccc5-c5ccc(N(c6ccccc6)c6cccc(-c7ccccc7)c6)cc53)c3ccccc3-4)cc21. The van der Waals surface area contributed by atoms with E-state index in [9.17, 15) is 0 Å². The Bertz CT molecular complexity index is 3500. The number of hydrogen-bond donors (Lipinski definition) is 0. The highest BCUT2D eigenvalue weighted by Crippen LogP contribution is 2.64. The van der Waals surface area contributed by atoms with Gasteiger partial charge < -0.3 is 9.80 Å². The first-order chi connectivity index (χ1) is 32.5. The zero-order valence-electron chi connectivity index (χ0n) is 37.0. The fraction of sp³-hybridized carbons (Fsp3) is 0.0625. The molecule has 0 amide bonds. The molecule has 66 heavy (non-hydrogen) atoms. The third-order valence-corrected chi connectivity index (χ3v) is 14.6. The van der Waals surface area contributed by atoms with E-state index in [1.54, 1.807) is 0 Å². The Balaban J connectivity index is 1.03. The van der Waals surface area contributed by atoms with Crippen LogP contribution in [0.4, 0.5) is 34.1 Å². The molecule has 10 aromatic carbocycles. The van der Waals surface area contributed by atoms with Crippen molar-refractivity contribution < 1.29 is 0 Å². The molecule has 3 aliphatic carbocycles. The molecule has 0 aromatic heterocycles. The summed E-state index contributed by atoms with van der Waals surface area (Å²) in [5.74, 6) is 0. The number of benzene rings is 10. The first-order valence-corrected chi connectivity index (χ1v) is 23.1. The van der Waals surface area contributed by atoms with Crippen molar-refractivity contribution in [2.24, 2.45) is 0 Å². The van der Waals surface area contributed by atoms with Crippen LogP contribution in [0.15, 0.2) is 243 Å². The molecule has 1 spiro atoms. The average molecular weight is 843 g/mol. The van der Waals surface area contributed by atoms with Crippen LogP contribution in [0, 0.1) is 0 Å². The Hall–Kier alpha value is -8.20. The molecule has 0 N–H and O–H groups in total. The van der Waals surface area contributed by atoms with E-state index >= 15 is 0 Å². The highest BCUT2D eigenvalue weighted by Gasteiger charge is 2.52. The Morgan fingerprint density at radius 2 is 0.591 bits per heavy atom. The first kappa shape index (κ1) is 38.3. The summed E-state index contributed by atoms with van der Waals surface area (Å²) in [5, 5.41) is 0. The molecule has 1 unspecified atom stereocenters. The van der Waals surface area contributed by atoms with Crippen LogP contribution in [-0.2, 0) is 10.8 Å². The van der Waals surface area contributed by atoms with Crippen molar-refractivity contribution in [1.82, 2.24) is 0 Å². The molecule has 312 valence electrons. The molecule has 1 atom stereocenters. The van der Waals surface area contributed by atoms with E-state index in [4.69, 9.17) is 0 Å². The number of hydrogen-bond acceptors (Lipinski definition) is 2. The lowest BCUT2D eigenvalue weighted by Crippen LogP contribution is -2.26. The van der Waals surface area contributed by atoms with Crippen LogP contribution in [0.1, 0.15) is 47.2 Å². The van der Waals surface area contributed by atoms with E-state index in [0.717, 1.165) is 34.1 Å². The van der Waals surface area contributed by atoms with Crippen molar-refractivity contribution in [3.05, 3.63) is 276 Å². The molecule has 0 fully saturated rings. The van der Waals surface area contributed by atoms with E-state index in [1.165, 1.54) is 77.9 Å². The van der Waals surface area contributed by atoms with Crippen molar-refractivity contribution >= 4 is 34.1 Å². The summed E-state index contributed by atoms with van der Waals surface area (Å²) in [4.78, 5) is 4.89. The standard InChI is InChI=1S/C64H46N2/c1-63(2)57-30-15-12-27-51(57)54-36-33-48(40-60(54)63)66(46-24-10-5-11-25-46)50-35-38-56-53-29-14-17-32-59(53)64(62(56)42-50)58-31-16-13-28-52(58)55-37-34-49(41-61(55)64)65(45-22-8-4-9-23-45)47-26-18-21-44(39-47)43-19-6-3-7-20-43/h3-42H,1-2H3. The summed E-state index contributed by atoms with van der Waals surface area (Å²) >= 11 is 0. The molecular formula is C64H46N2. The van der Waals surface area contributed by atoms with Gasteiger partial charge >= 0.3 is 0 Å². The molecule has 2 nitrogen and oxygen atoms in total. The van der Waals surface area contributed by atoms with Crippen LogP contribution in [-0.4, -0.2) is 0 Å². The zero-order valence-corrected chi connectivity index (χ0v) is 37.0. The lowest BCUT2D eigenvalue weighted by atomic mass is 9.70. The summed E-state index contributed by atoms with van der Waals surface area (Å²) in [6, 6.07) is 90.0. The normalized spacial score (nSPS) is 15.3. The van der Waals surface area contributed by atoms with E-state index in [-0.39, 0.29) is 5.41 Å². The number of nitrogens with zero attached hydrogens (tertiary/aromatic N) is 2. The molecule has 0 aliphatic heterocycles. The highest BCUT2D eigenvalue weighted by atomic mass is 15.1. The summed E-state index contributed by atoms with van der Waals surface area (Å²) in [6.07, 6.45) is 0. The van der Waals surface area contributed by atoms with Crippen LogP contribution in [0.2, 0.25) is 0 Å². The number of fused-ring (bicyclic) bond motifs is 13. The minimum absolute atomic E-state index is 0.126. The average Bonchev–Trinajstić information content (AvgIpc) is 3.93. The fourth-order valence-corrected chi connectivity index (χ4v) is 11.7. The Labute approximate surface area is 387 Å². The van der Waals surface area contributed by atoms with E-state index in [2.05, 4.69) is 266 Å². The number of para-hydroxylation sites is 2. The molecule has 13 rings (SSSR count). The zero-order chi connectivity index (χ0) is 44.0. The Morgan fingerprint density at radius 1 is 0.242 bits per heavy atom. The van der Waals surface area contributed by atoms with E-state index in [1.807, 2.05) is 0 Å². The van der Waals surface area contributed by atoms with Gasteiger partial charge in [0.15, 0.2) is 0 Å². The molecule has 0 heterocycles. The monoisotopic (exact) mass is 842 g/mol. The second kappa shape index (κ2) is 14.7. The summed E-state index contributed by atoms with van der Waals surface area (Å²) in [7, 11) is 0. The van der Waals surface area contributed by atoms with Crippen LogP contribution in [0.3, 0.4) is 0 Å². The first-order valence-electron chi connectivity index (χ1n) is 23.1. The Morgan fingerprint density at radius 3 is 1.11 bits per heavy atom. The summed E-state index contributed by atoms with van der Waals surface area (Å²) in [5.41, 5.74) is 24.2. The van der Waals surface area contributed by atoms with Crippen LogP contribution < -0.4 is 9.80 Å². The minimum atomic E-state index is -0.567. The van der Waals surface area contributed by atoms with Gasteiger partial charge in [-0.15, -0.1) is 0 Å². The lowest BCUT2D eigenvalue weighted by molar-refractivity contribution is 0.660. The Kier molecular flexibility index (Phi) is 8.51. The van der Waals surface area contributed by atoms with Gasteiger partial charge in [0.05, 0.1) is 5.41 Å². The molecule has 0 radical (unpaired) electrons. The molecule has 0 saturated carbocycles. The highest BCUT2D eigenvalue weighted by molar-refractivity contribution is 5.98. The fourth-order valence-electron chi connectivity index (χ4n) is 11.7. The van der Waals surface area contributed by atoms with Crippen molar-refractivity contribution in [3.63, 3.8) is 0 Å². The lowest BCUT2D eigenvalue weighted by Gasteiger charge is -2.33. The van der Waals surface area contributed by atoms with Gasteiger partial charge in [-0.2, -0.15) is 0 Å². The molecule has 10 aromatic rings. The smallest absolute Gasteiger partial charge is 0.0727 e. The molecule has 0 bridgehead atoms. The maximum Gasteiger partial charge on any atom is 0.0727 e. The van der Waals surface area contributed by atoms with Gasteiger partial charge in [-0.1, -0.05) is 184 Å². The second-order valence-corrected chi connectivity index (χ2v) is 18.5. The van der Waals surface area contributed by atoms with Crippen molar-refractivity contribution in [2.45, 2.75) is 24.7 Å². The van der Waals surface area contributed by atoms with E-state index in [0.29, 0.717) is 0 Å². The minimum Gasteiger partial charge on any atom is -0.310 e. The topological polar surface area (TPSA) is 6.48 Å². The van der Waals surface area contributed by atoms with Crippen molar-refractivity contribution in [3.8, 4) is 44.5 Å². The van der Waals surface area contributed by atoms with Gasteiger partial charge in [-0.25, -0.2) is 0 Å². The predicted octanol–water partition coefficient (Wildman–Crippen LogP) is 16.9. The van der Waals surface area contributed by atoms with Gasteiger partial charge in [0.1, 0.15) is 0 Å². The number of rotatable bonds is 7. The van der Waals surface area contributed by atoms with Crippen LogP contribution in [0.5, 0.6) is 0 Å². The molecule has 3 aliphatic rings. The molecular weight excluding hydrogens is 797 g/mol. The van der Waals surface area contributed by atoms with Gasteiger partial charge in [0.25, 0.3) is 0 Å². The van der Waals surface area contributed by atoms with E-state index < -0.39 is 5.41 Å². The third-order valence-electron chi connectivity index (χ3n) is 14.6. The predicted molar refractivity (Wildman–Crippen MR) is 275 cm³/mol. The van der Waals surface area contributed by atoms with Gasteiger partial charge in [-0.3, -0.25) is 0 Å². The molecule has 2 heteroatoms. The van der Waals surface area contributed by atoms with Gasteiger partial charge in [0, 0.05) is 39.5 Å². The maximum absolute atomic E-state index is 2.51. The summed E-state index contributed by atoms with van der Waals surface area (Å²) in [6.45, 7) is 4.74. The molecule has 0 saturated heterocycles. The third kappa shape index (κ3) is 5.55. The van der Waals surface area contributed by atoms with Gasteiger partial charge in [0.2, 0.25) is 0 Å². The number of anilines is 6. The van der Waals surface area contributed by atoms with Crippen molar-refractivity contribution in [1.29, 1.82) is 0 Å². The van der Waals surface area contributed by atoms with Crippen LogP contribution >= 0.6 is 0 Å². The summed E-state index contributed by atoms with van der Waals surface area (Å²) < 4.78 is 0. The quantitative estimate of drug-likeness (QED) is 0.158. The van der Waals surface area contributed by atoms with Crippen LogP contribution in [0.25, 0.3) is 44.5 Å². The maximum atomic E-state index is 2.51.